The third-order valence-electron chi connectivity index (χ3n) is 7.58. The van der Waals surface area contributed by atoms with E-state index in [0.29, 0.717) is 6.10 Å². The quantitative estimate of drug-likeness (QED) is 0.534. The summed E-state index contributed by atoms with van der Waals surface area (Å²) in [6.07, 6.45) is 19.1. The second kappa shape index (κ2) is 8.78. The van der Waals surface area contributed by atoms with Gasteiger partial charge in [-0.3, -0.25) is 0 Å². The first-order chi connectivity index (χ1) is 13.3. The van der Waals surface area contributed by atoms with Crippen LogP contribution in [0.4, 0.5) is 0 Å². The SMILES string of the molecule is C=CCO[C@@H]1CC[C@@H]2CC(C3CCc4cc(/C=C/C)ccc4C3)CCC2C1. The molecule has 2 fully saturated rings. The summed E-state index contributed by atoms with van der Waals surface area (Å²) in [4.78, 5) is 0. The van der Waals surface area contributed by atoms with Crippen molar-refractivity contribution in [2.24, 2.45) is 23.7 Å². The molecule has 3 aliphatic carbocycles. The van der Waals surface area contributed by atoms with Crippen LogP contribution in [0.1, 0.15) is 68.6 Å². The molecular weight excluding hydrogens is 328 g/mol. The summed E-state index contributed by atoms with van der Waals surface area (Å²) < 4.78 is 5.97. The highest BCUT2D eigenvalue weighted by molar-refractivity contribution is 5.52. The number of rotatable bonds is 5. The summed E-state index contributed by atoms with van der Waals surface area (Å²) in [6, 6.07) is 7.14. The second-order valence-corrected chi connectivity index (χ2v) is 9.18. The summed E-state index contributed by atoms with van der Waals surface area (Å²) in [5, 5.41) is 0. The Balaban J connectivity index is 1.34. The Morgan fingerprint density at radius 3 is 2.56 bits per heavy atom. The molecule has 4 rings (SSSR count). The van der Waals surface area contributed by atoms with Crippen molar-refractivity contribution in [3.05, 3.63) is 53.6 Å². The van der Waals surface area contributed by atoms with Crippen LogP contribution < -0.4 is 0 Å². The van der Waals surface area contributed by atoms with Crippen LogP contribution in [0.2, 0.25) is 0 Å². The zero-order chi connectivity index (χ0) is 18.6. The molecule has 0 saturated heterocycles. The van der Waals surface area contributed by atoms with Crippen LogP contribution >= 0.6 is 0 Å². The number of hydrogen-bond acceptors (Lipinski definition) is 1. The third kappa shape index (κ3) is 4.40. The Morgan fingerprint density at radius 2 is 1.74 bits per heavy atom. The first-order valence-electron chi connectivity index (χ1n) is 11.2. The van der Waals surface area contributed by atoms with Crippen molar-refractivity contribution < 1.29 is 4.74 Å². The lowest BCUT2D eigenvalue weighted by atomic mass is 9.62. The molecule has 1 heteroatoms. The maximum atomic E-state index is 5.97. The standard InChI is InChI=1S/C26H36O/c1-3-5-19-6-7-21-16-22(9-8-20(21)15-19)23-10-11-25-18-26(27-14-4-2)13-12-24(25)17-23/h3-7,15,22-26H,2,8-14,16-18H2,1H3/b5-3+/t22?,23?,24-,25?,26-/m1/s1. The number of benzene rings is 1. The van der Waals surface area contributed by atoms with Crippen molar-refractivity contribution in [2.45, 2.75) is 70.8 Å². The Morgan fingerprint density at radius 1 is 0.963 bits per heavy atom. The molecule has 2 saturated carbocycles. The third-order valence-corrected chi connectivity index (χ3v) is 7.58. The van der Waals surface area contributed by atoms with Crippen molar-refractivity contribution in [1.29, 1.82) is 0 Å². The second-order valence-electron chi connectivity index (χ2n) is 9.18. The highest BCUT2D eigenvalue weighted by atomic mass is 16.5. The molecule has 0 bridgehead atoms. The maximum Gasteiger partial charge on any atom is 0.0648 e. The van der Waals surface area contributed by atoms with E-state index in [2.05, 4.69) is 43.9 Å². The fourth-order valence-electron chi connectivity index (χ4n) is 6.17. The van der Waals surface area contributed by atoms with Gasteiger partial charge in [-0.1, -0.05) is 36.4 Å². The van der Waals surface area contributed by atoms with Crippen LogP contribution in [0.3, 0.4) is 0 Å². The summed E-state index contributed by atoms with van der Waals surface area (Å²) in [5.74, 6) is 3.76. The highest BCUT2D eigenvalue weighted by Gasteiger charge is 2.38. The maximum absolute atomic E-state index is 5.97. The Labute approximate surface area is 165 Å². The predicted molar refractivity (Wildman–Crippen MR) is 115 cm³/mol. The highest BCUT2D eigenvalue weighted by Crippen LogP contribution is 2.47. The van der Waals surface area contributed by atoms with Gasteiger partial charge >= 0.3 is 0 Å². The van der Waals surface area contributed by atoms with Gasteiger partial charge in [0.15, 0.2) is 0 Å². The Bertz CT molecular complexity index is 673. The van der Waals surface area contributed by atoms with Gasteiger partial charge in [0.05, 0.1) is 12.7 Å². The lowest BCUT2D eigenvalue weighted by Gasteiger charge is -2.44. The van der Waals surface area contributed by atoms with Crippen LogP contribution in [-0.4, -0.2) is 12.7 Å². The Hall–Kier alpha value is -1.34. The van der Waals surface area contributed by atoms with Gasteiger partial charge in [-0.05, 0) is 105 Å². The molecule has 146 valence electrons. The van der Waals surface area contributed by atoms with Gasteiger partial charge in [-0.15, -0.1) is 6.58 Å². The molecule has 27 heavy (non-hydrogen) atoms. The monoisotopic (exact) mass is 364 g/mol. The van der Waals surface area contributed by atoms with E-state index in [4.69, 9.17) is 4.74 Å². The minimum Gasteiger partial charge on any atom is -0.374 e. The minimum absolute atomic E-state index is 0.494. The molecular formula is C26H36O. The molecule has 0 N–H and O–H groups in total. The van der Waals surface area contributed by atoms with Gasteiger partial charge in [-0.25, -0.2) is 0 Å². The van der Waals surface area contributed by atoms with Crippen molar-refractivity contribution in [3.63, 3.8) is 0 Å². The largest absolute Gasteiger partial charge is 0.374 e. The van der Waals surface area contributed by atoms with Crippen LogP contribution in [0.5, 0.6) is 0 Å². The van der Waals surface area contributed by atoms with Gasteiger partial charge in [0, 0.05) is 0 Å². The molecule has 3 aliphatic rings. The molecule has 0 amide bonds. The fourth-order valence-corrected chi connectivity index (χ4v) is 6.17. The molecule has 0 spiro atoms. The molecule has 5 atom stereocenters. The zero-order valence-electron chi connectivity index (χ0n) is 17.0. The van der Waals surface area contributed by atoms with Gasteiger partial charge in [-0.2, -0.15) is 0 Å². The van der Waals surface area contributed by atoms with Crippen LogP contribution in [0.25, 0.3) is 6.08 Å². The first-order valence-corrected chi connectivity index (χ1v) is 11.2. The average Bonchev–Trinajstić information content (AvgIpc) is 2.71. The number of hydrogen-bond donors (Lipinski definition) is 0. The molecule has 0 radical (unpaired) electrons. The van der Waals surface area contributed by atoms with E-state index in [1.807, 2.05) is 6.08 Å². The summed E-state index contributed by atoms with van der Waals surface area (Å²) in [6.45, 7) is 6.62. The molecule has 1 aromatic carbocycles. The lowest BCUT2D eigenvalue weighted by molar-refractivity contribution is -0.0137. The molecule has 0 aromatic heterocycles. The van der Waals surface area contributed by atoms with Gasteiger partial charge in [0.2, 0.25) is 0 Å². The van der Waals surface area contributed by atoms with E-state index >= 15 is 0 Å². The Kier molecular flexibility index (Phi) is 6.18. The van der Waals surface area contributed by atoms with Gasteiger partial charge in [0.1, 0.15) is 0 Å². The van der Waals surface area contributed by atoms with Gasteiger partial charge < -0.3 is 4.74 Å². The average molecular weight is 365 g/mol. The smallest absolute Gasteiger partial charge is 0.0648 e. The summed E-state index contributed by atoms with van der Waals surface area (Å²) in [5.41, 5.74) is 4.60. The van der Waals surface area contributed by atoms with E-state index in [1.165, 1.54) is 63.4 Å². The number of fused-ring (bicyclic) bond motifs is 2. The lowest BCUT2D eigenvalue weighted by Crippen LogP contribution is -2.37. The molecule has 0 aliphatic heterocycles. The molecule has 3 unspecified atom stereocenters. The van der Waals surface area contributed by atoms with Gasteiger partial charge in [0.25, 0.3) is 0 Å². The van der Waals surface area contributed by atoms with Crippen LogP contribution in [0, 0.1) is 23.7 Å². The first kappa shape index (κ1) is 19.0. The van der Waals surface area contributed by atoms with E-state index < -0.39 is 0 Å². The van der Waals surface area contributed by atoms with E-state index in [-0.39, 0.29) is 0 Å². The van der Waals surface area contributed by atoms with Crippen LogP contribution in [-0.2, 0) is 17.6 Å². The summed E-state index contributed by atoms with van der Waals surface area (Å²) >= 11 is 0. The molecule has 1 aromatic rings. The van der Waals surface area contributed by atoms with E-state index in [1.54, 1.807) is 11.1 Å². The summed E-state index contributed by atoms with van der Waals surface area (Å²) in [7, 11) is 0. The molecule has 0 heterocycles. The van der Waals surface area contributed by atoms with Crippen molar-refractivity contribution in [1.82, 2.24) is 0 Å². The fraction of sp³-hybridized carbons (Fsp3) is 0.615. The number of ether oxygens (including phenoxy) is 1. The minimum atomic E-state index is 0.494. The molecule has 1 nitrogen and oxygen atoms in total. The number of allylic oxidation sites excluding steroid dienone is 1. The van der Waals surface area contributed by atoms with Crippen LogP contribution in [0.15, 0.2) is 36.9 Å². The van der Waals surface area contributed by atoms with E-state index in [0.717, 1.165) is 30.3 Å². The predicted octanol–water partition coefficient (Wildman–Crippen LogP) is 6.61. The van der Waals surface area contributed by atoms with Crippen molar-refractivity contribution in [3.8, 4) is 0 Å². The van der Waals surface area contributed by atoms with Crippen molar-refractivity contribution >= 4 is 6.08 Å². The zero-order valence-corrected chi connectivity index (χ0v) is 17.0. The number of aryl methyl sites for hydroxylation is 1. The van der Waals surface area contributed by atoms with Crippen molar-refractivity contribution in [2.75, 3.05) is 6.61 Å². The van der Waals surface area contributed by atoms with E-state index in [9.17, 15) is 0 Å². The topological polar surface area (TPSA) is 9.23 Å². The normalized spacial score (nSPS) is 33.4.